The number of hydrogen-bond acceptors (Lipinski definition) is 3. The van der Waals surface area contributed by atoms with Gasteiger partial charge in [-0.25, -0.2) is 4.90 Å². The van der Waals surface area contributed by atoms with Crippen LogP contribution in [0.1, 0.15) is 11.1 Å². The second-order valence-electron chi connectivity index (χ2n) is 5.29. The first-order valence-electron chi connectivity index (χ1n) is 7.13. The maximum Gasteiger partial charge on any atom is 0.277 e. The molecule has 0 aliphatic carbocycles. The summed E-state index contributed by atoms with van der Waals surface area (Å²) < 4.78 is 6.14. The Morgan fingerprint density at radius 1 is 1.04 bits per heavy atom. The molecule has 6 heteroatoms. The number of hydrogen-bond donors (Lipinski definition) is 0. The molecule has 3 rings (SSSR count). The molecule has 0 saturated heterocycles. The number of carbonyl (C=O) groups excluding carboxylic acids is 2. The van der Waals surface area contributed by atoms with Crippen molar-refractivity contribution < 1.29 is 14.3 Å². The minimum absolute atomic E-state index is 0.0666. The van der Waals surface area contributed by atoms with Crippen LogP contribution in [0.2, 0.25) is 0 Å². The molecule has 0 N–H and O–H groups in total. The normalized spacial score (nSPS) is 14.6. The zero-order valence-corrected chi connectivity index (χ0v) is 15.9. The Morgan fingerprint density at radius 2 is 1.71 bits per heavy atom. The molecule has 0 aromatic heterocycles. The van der Waals surface area contributed by atoms with Crippen LogP contribution < -0.4 is 9.64 Å². The molecule has 0 spiro atoms. The second-order valence-corrected chi connectivity index (χ2v) is 6.92. The molecule has 4 nitrogen and oxygen atoms in total. The van der Waals surface area contributed by atoms with Crippen molar-refractivity contribution in [2.75, 3.05) is 12.0 Å². The molecule has 1 aliphatic rings. The summed E-state index contributed by atoms with van der Waals surface area (Å²) in [5.41, 5.74) is 2.18. The van der Waals surface area contributed by atoms with Crippen LogP contribution in [0.5, 0.6) is 5.75 Å². The monoisotopic (exact) mass is 453 g/mol. The summed E-state index contributed by atoms with van der Waals surface area (Å²) in [6.45, 7) is 1.86. The van der Waals surface area contributed by atoms with Crippen molar-refractivity contribution in [3.05, 3.63) is 62.2 Å². The highest BCUT2D eigenvalue weighted by atomic mass is 127. The molecule has 122 valence electrons. The minimum Gasteiger partial charge on any atom is -0.497 e. The fraction of sp³-hybridized carbons (Fsp3) is 0.111. The van der Waals surface area contributed by atoms with E-state index in [2.05, 4.69) is 22.6 Å². The number of amides is 2. The number of rotatable bonds is 3. The molecular formula is C18H13ClINO3. The summed E-state index contributed by atoms with van der Waals surface area (Å²) in [6.07, 6.45) is 0. The molecular weight excluding hydrogens is 441 g/mol. The lowest BCUT2D eigenvalue weighted by Crippen LogP contribution is -2.31. The number of anilines is 1. The van der Waals surface area contributed by atoms with Crippen LogP contribution in [0.25, 0.3) is 5.57 Å². The third kappa shape index (κ3) is 2.82. The van der Waals surface area contributed by atoms with Crippen molar-refractivity contribution in [1.29, 1.82) is 0 Å². The SMILES string of the molecule is COc1ccc(C2=C(Cl)C(=O)N(c3ccc(I)cc3C)C2=O)cc1. The lowest BCUT2D eigenvalue weighted by atomic mass is 10.1. The molecule has 0 atom stereocenters. The van der Waals surface area contributed by atoms with Gasteiger partial charge >= 0.3 is 0 Å². The van der Waals surface area contributed by atoms with Gasteiger partial charge in [0.15, 0.2) is 0 Å². The molecule has 1 aliphatic heterocycles. The van der Waals surface area contributed by atoms with E-state index in [0.717, 1.165) is 14.0 Å². The maximum atomic E-state index is 12.8. The van der Waals surface area contributed by atoms with Crippen LogP contribution in [0.4, 0.5) is 5.69 Å². The third-order valence-corrected chi connectivity index (χ3v) is 4.83. The first-order valence-corrected chi connectivity index (χ1v) is 8.59. The molecule has 2 aromatic rings. The van der Waals surface area contributed by atoms with Crippen molar-refractivity contribution >= 4 is 57.3 Å². The molecule has 1 heterocycles. The van der Waals surface area contributed by atoms with Gasteiger partial charge < -0.3 is 4.74 Å². The Kier molecular flexibility index (Phi) is 4.64. The summed E-state index contributed by atoms with van der Waals surface area (Å²) in [5, 5.41) is -0.0666. The van der Waals surface area contributed by atoms with Gasteiger partial charge in [-0.05, 0) is 71.0 Å². The van der Waals surface area contributed by atoms with Crippen LogP contribution in [0.3, 0.4) is 0 Å². The van der Waals surface area contributed by atoms with Crippen molar-refractivity contribution in [2.24, 2.45) is 0 Å². The number of imide groups is 1. The third-order valence-electron chi connectivity index (χ3n) is 3.81. The maximum absolute atomic E-state index is 12.8. The lowest BCUT2D eigenvalue weighted by Gasteiger charge is -2.17. The van der Waals surface area contributed by atoms with E-state index in [9.17, 15) is 9.59 Å². The van der Waals surface area contributed by atoms with Crippen molar-refractivity contribution in [3.63, 3.8) is 0 Å². The largest absolute Gasteiger partial charge is 0.497 e. The average molecular weight is 454 g/mol. The van der Waals surface area contributed by atoms with Gasteiger partial charge in [0.25, 0.3) is 11.8 Å². The van der Waals surface area contributed by atoms with E-state index in [1.54, 1.807) is 37.4 Å². The Morgan fingerprint density at radius 3 is 2.29 bits per heavy atom. The van der Waals surface area contributed by atoms with Crippen LogP contribution in [0.15, 0.2) is 47.5 Å². The highest BCUT2D eigenvalue weighted by molar-refractivity contribution is 14.1. The Labute approximate surface area is 158 Å². The van der Waals surface area contributed by atoms with Crippen LogP contribution in [0, 0.1) is 10.5 Å². The summed E-state index contributed by atoms with van der Waals surface area (Å²) >= 11 is 8.38. The quantitative estimate of drug-likeness (QED) is 0.519. The molecule has 2 amide bonds. The van der Waals surface area contributed by atoms with Gasteiger partial charge in [0.2, 0.25) is 0 Å². The average Bonchev–Trinajstić information content (AvgIpc) is 2.78. The fourth-order valence-corrected chi connectivity index (χ4v) is 3.52. The highest BCUT2D eigenvalue weighted by Gasteiger charge is 2.39. The summed E-state index contributed by atoms with van der Waals surface area (Å²) in [5.74, 6) is -0.256. The number of halogens is 2. The van der Waals surface area contributed by atoms with E-state index in [1.165, 1.54) is 0 Å². The van der Waals surface area contributed by atoms with Gasteiger partial charge in [0.1, 0.15) is 10.8 Å². The van der Waals surface area contributed by atoms with Crippen LogP contribution in [-0.2, 0) is 9.59 Å². The number of nitrogens with zero attached hydrogens (tertiary/aromatic N) is 1. The van der Waals surface area contributed by atoms with E-state index in [1.807, 2.05) is 19.1 Å². The van der Waals surface area contributed by atoms with E-state index in [0.29, 0.717) is 17.0 Å². The van der Waals surface area contributed by atoms with Gasteiger partial charge in [0, 0.05) is 3.57 Å². The summed E-state index contributed by atoms with van der Waals surface area (Å²) in [7, 11) is 1.56. The summed E-state index contributed by atoms with van der Waals surface area (Å²) in [6, 6.07) is 12.4. The van der Waals surface area contributed by atoms with Gasteiger partial charge in [-0.15, -0.1) is 0 Å². The molecule has 0 bridgehead atoms. The number of methoxy groups -OCH3 is 1. The van der Waals surface area contributed by atoms with Crippen molar-refractivity contribution in [2.45, 2.75) is 6.92 Å². The topological polar surface area (TPSA) is 46.6 Å². The first-order chi connectivity index (χ1) is 11.4. The van der Waals surface area contributed by atoms with Crippen LogP contribution >= 0.6 is 34.2 Å². The zero-order valence-electron chi connectivity index (χ0n) is 13.0. The van der Waals surface area contributed by atoms with Crippen molar-refractivity contribution in [1.82, 2.24) is 0 Å². The minimum atomic E-state index is -0.503. The molecule has 0 fully saturated rings. The Balaban J connectivity index is 2.04. The standard InChI is InChI=1S/C18H13ClINO3/c1-10-9-12(20)5-8-14(10)21-17(22)15(16(19)18(21)23)11-3-6-13(24-2)7-4-11/h3-9H,1-2H3. The highest BCUT2D eigenvalue weighted by Crippen LogP contribution is 2.36. The molecule has 0 saturated carbocycles. The second kappa shape index (κ2) is 6.57. The predicted octanol–water partition coefficient (Wildman–Crippen LogP) is 4.13. The van der Waals surface area contributed by atoms with E-state index < -0.39 is 11.8 Å². The van der Waals surface area contributed by atoms with E-state index in [4.69, 9.17) is 16.3 Å². The zero-order chi connectivity index (χ0) is 17.4. The van der Waals surface area contributed by atoms with Crippen molar-refractivity contribution in [3.8, 4) is 5.75 Å². The molecule has 24 heavy (non-hydrogen) atoms. The van der Waals surface area contributed by atoms with E-state index >= 15 is 0 Å². The van der Waals surface area contributed by atoms with Gasteiger partial charge in [-0.2, -0.15) is 0 Å². The molecule has 0 radical (unpaired) electrons. The number of ether oxygens (including phenoxy) is 1. The fourth-order valence-electron chi connectivity index (χ4n) is 2.60. The smallest absolute Gasteiger partial charge is 0.277 e. The Hall–Kier alpha value is -1.86. The predicted molar refractivity (Wildman–Crippen MR) is 102 cm³/mol. The van der Waals surface area contributed by atoms with Gasteiger partial charge in [-0.1, -0.05) is 23.7 Å². The number of carbonyl (C=O) groups is 2. The summed E-state index contributed by atoms with van der Waals surface area (Å²) in [4.78, 5) is 26.5. The van der Waals surface area contributed by atoms with E-state index in [-0.39, 0.29) is 10.6 Å². The Bertz CT molecular complexity index is 874. The van der Waals surface area contributed by atoms with Crippen LogP contribution in [-0.4, -0.2) is 18.9 Å². The molecule has 2 aromatic carbocycles. The first kappa shape index (κ1) is 17.0. The number of aryl methyl sites for hydroxylation is 1. The van der Waals surface area contributed by atoms with Gasteiger partial charge in [-0.3, -0.25) is 9.59 Å². The number of benzene rings is 2. The van der Waals surface area contributed by atoms with Gasteiger partial charge in [0.05, 0.1) is 18.4 Å². The lowest BCUT2D eigenvalue weighted by molar-refractivity contribution is -0.119. The molecule has 0 unspecified atom stereocenters.